The first-order valence-corrected chi connectivity index (χ1v) is 8.89. The van der Waals surface area contributed by atoms with Crippen molar-refractivity contribution in [3.8, 4) is 0 Å². The van der Waals surface area contributed by atoms with E-state index in [2.05, 4.69) is 17.5 Å². The van der Waals surface area contributed by atoms with Gasteiger partial charge in [-0.3, -0.25) is 10.1 Å². The standard InChI is InChI=1S/C19H16Cl2N2O2/c1-10-5-7-15(21)17-12-3-2-4-13(12)19(22-18(10)17)11-6-8-14(20)16(9-11)23(24)25/h2-3,5-9,12-13,19,22H,4H2,1H3/t12-,13+,19+/m0/s1. The summed E-state index contributed by atoms with van der Waals surface area (Å²) in [5, 5.41) is 15.8. The third-order valence-corrected chi connectivity index (χ3v) is 5.85. The molecule has 1 heterocycles. The fraction of sp³-hybridized carbons (Fsp3) is 0.263. The summed E-state index contributed by atoms with van der Waals surface area (Å²) >= 11 is 12.5. The molecule has 0 unspecified atom stereocenters. The Balaban J connectivity index is 1.84. The molecular formula is C19H16Cl2N2O2. The van der Waals surface area contributed by atoms with Crippen LogP contribution in [0.1, 0.15) is 35.1 Å². The second kappa shape index (κ2) is 6.04. The zero-order valence-corrected chi connectivity index (χ0v) is 15.0. The lowest BCUT2D eigenvalue weighted by Gasteiger charge is -2.38. The number of hydrogen-bond acceptors (Lipinski definition) is 3. The molecular weight excluding hydrogens is 359 g/mol. The molecule has 0 aromatic heterocycles. The van der Waals surface area contributed by atoms with Crippen LogP contribution in [0.25, 0.3) is 0 Å². The summed E-state index contributed by atoms with van der Waals surface area (Å²) in [7, 11) is 0. The van der Waals surface area contributed by atoms with Crippen molar-refractivity contribution in [2.45, 2.75) is 25.3 Å². The van der Waals surface area contributed by atoms with Crippen molar-refractivity contribution in [2.24, 2.45) is 5.92 Å². The van der Waals surface area contributed by atoms with Crippen LogP contribution in [0.15, 0.2) is 42.5 Å². The summed E-state index contributed by atoms with van der Waals surface area (Å²) in [6.07, 6.45) is 5.28. The number of hydrogen-bond donors (Lipinski definition) is 1. The fourth-order valence-electron chi connectivity index (χ4n) is 4.00. The number of aryl methyl sites for hydroxylation is 1. The second-order valence-corrected chi connectivity index (χ2v) is 7.41. The topological polar surface area (TPSA) is 55.2 Å². The number of benzene rings is 2. The molecule has 0 saturated heterocycles. The Kier molecular flexibility index (Phi) is 3.97. The van der Waals surface area contributed by atoms with E-state index in [-0.39, 0.29) is 28.6 Å². The molecule has 25 heavy (non-hydrogen) atoms. The van der Waals surface area contributed by atoms with Crippen LogP contribution in [-0.4, -0.2) is 4.92 Å². The quantitative estimate of drug-likeness (QED) is 0.396. The zero-order valence-electron chi connectivity index (χ0n) is 13.5. The Morgan fingerprint density at radius 1 is 1.20 bits per heavy atom. The first-order valence-electron chi connectivity index (χ1n) is 8.13. The van der Waals surface area contributed by atoms with E-state index in [1.165, 1.54) is 0 Å². The highest BCUT2D eigenvalue weighted by Crippen LogP contribution is 2.53. The van der Waals surface area contributed by atoms with Crippen molar-refractivity contribution in [1.29, 1.82) is 0 Å². The van der Waals surface area contributed by atoms with Crippen LogP contribution in [0.5, 0.6) is 0 Å². The number of nitrogens with one attached hydrogen (secondary N) is 1. The molecule has 2 aliphatic rings. The van der Waals surface area contributed by atoms with Gasteiger partial charge >= 0.3 is 0 Å². The van der Waals surface area contributed by atoms with Crippen molar-refractivity contribution in [3.63, 3.8) is 0 Å². The third kappa shape index (κ3) is 2.60. The smallest absolute Gasteiger partial charge is 0.288 e. The van der Waals surface area contributed by atoms with Crippen molar-refractivity contribution < 1.29 is 4.92 Å². The maximum absolute atomic E-state index is 11.3. The summed E-state index contributed by atoms with van der Waals surface area (Å²) in [6, 6.07) is 8.96. The lowest BCUT2D eigenvalue weighted by molar-refractivity contribution is -0.384. The Morgan fingerprint density at radius 2 is 1.96 bits per heavy atom. The van der Waals surface area contributed by atoms with Crippen LogP contribution >= 0.6 is 23.2 Å². The monoisotopic (exact) mass is 374 g/mol. The summed E-state index contributed by atoms with van der Waals surface area (Å²) < 4.78 is 0. The van der Waals surface area contributed by atoms with Crippen LogP contribution in [-0.2, 0) is 0 Å². The average Bonchev–Trinajstić information content (AvgIpc) is 3.07. The first-order chi connectivity index (χ1) is 12.0. The van der Waals surface area contributed by atoms with Gasteiger partial charge in [-0.25, -0.2) is 0 Å². The van der Waals surface area contributed by atoms with E-state index in [9.17, 15) is 10.1 Å². The van der Waals surface area contributed by atoms with Gasteiger partial charge in [-0.15, -0.1) is 0 Å². The maximum atomic E-state index is 11.3. The minimum Gasteiger partial charge on any atom is -0.377 e. The Hall–Kier alpha value is -2.04. The van der Waals surface area contributed by atoms with Crippen LogP contribution < -0.4 is 5.32 Å². The van der Waals surface area contributed by atoms with Crippen LogP contribution in [0.3, 0.4) is 0 Å². The molecule has 0 bridgehead atoms. The van der Waals surface area contributed by atoms with E-state index < -0.39 is 4.92 Å². The largest absolute Gasteiger partial charge is 0.377 e. The number of nitro benzene ring substituents is 1. The van der Waals surface area contributed by atoms with Gasteiger partial charge in [-0.1, -0.05) is 47.5 Å². The van der Waals surface area contributed by atoms with Crippen LogP contribution in [0.2, 0.25) is 10.0 Å². The summed E-state index contributed by atoms with van der Waals surface area (Å²) in [6.45, 7) is 2.04. The van der Waals surface area contributed by atoms with Gasteiger partial charge in [0, 0.05) is 28.3 Å². The van der Waals surface area contributed by atoms with Gasteiger partial charge in [0.25, 0.3) is 5.69 Å². The van der Waals surface area contributed by atoms with E-state index in [1.54, 1.807) is 12.1 Å². The highest BCUT2D eigenvalue weighted by molar-refractivity contribution is 6.32. The van der Waals surface area contributed by atoms with E-state index in [1.807, 2.05) is 25.1 Å². The van der Waals surface area contributed by atoms with Gasteiger partial charge in [0.2, 0.25) is 0 Å². The number of anilines is 1. The molecule has 2 aromatic carbocycles. The molecule has 128 valence electrons. The molecule has 2 aromatic rings. The molecule has 4 rings (SSSR count). The number of rotatable bonds is 2. The summed E-state index contributed by atoms with van der Waals surface area (Å²) in [4.78, 5) is 10.8. The molecule has 1 aliphatic heterocycles. The normalized spacial score (nSPS) is 23.7. The van der Waals surface area contributed by atoms with Crippen LogP contribution in [0.4, 0.5) is 11.4 Å². The van der Waals surface area contributed by atoms with Gasteiger partial charge in [-0.2, -0.15) is 0 Å². The Bertz CT molecular complexity index is 911. The van der Waals surface area contributed by atoms with Crippen molar-refractivity contribution in [3.05, 3.63) is 79.3 Å². The van der Waals surface area contributed by atoms with E-state index >= 15 is 0 Å². The van der Waals surface area contributed by atoms with Crippen LogP contribution in [0, 0.1) is 23.0 Å². The molecule has 0 fully saturated rings. The van der Waals surface area contributed by atoms with Gasteiger partial charge in [-0.05, 0) is 42.5 Å². The second-order valence-electron chi connectivity index (χ2n) is 6.60. The molecule has 3 atom stereocenters. The summed E-state index contributed by atoms with van der Waals surface area (Å²) in [5.74, 6) is 0.482. The number of fused-ring (bicyclic) bond motifs is 3. The fourth-order valence-corrected chi connectivity index (χ4v) is 4.47. The predicted octanol–water partition coefficient (Wildman–Crippen LogP) is 6.04. The highest BCUT2D eigenvalue weighted by Gasteiger charge is 2.40. The number of nitro groups is 1. The van der Waals surface area contributed by atoms with Crippen molar-refractivity contribution in [1.82, 2.24) is 0 Å². The lowest BCUT2D eigenvalue weighted by atomic mass is 9.76. The van der Waals surface area contributed by atoms with Crippen molar-refractivity contribution >= 4 is 34.6 Å². The van der Waals surface area contributed by atoms with E-state index in [0.717, 1.165) is 33.8 Å². The lowest BCUT2D eigenvalue weighted by Crippen LogP contribution is -2.29. The maximum Gasteiger partial charge on any atom is 0.288 e. The average molecular weight is 375 g/mol. The Labute approximate surface area is 155 Å². The highest BCUT2D eigenvalue weighted by atomic mass is 35.5. The molecule has 1 N–H and O–H groups in total. The Morgan fingerprint density at radius 3 is 2.72 bits per heavy atom. The molecule has 4 nitrogen and oxygen atoms in total. The molecule has 1 aliphatic carbocycles. The van der Waals surface area contributed by atoms with Gasteiger partial charge in [0.15, 0.2) is 0 Å². The van der Waals surface area contributed by atoms with Gasteiger partial charge in [0.1, 0.15) is 5.02 Å². The van der Waals surface area contributed by atoms with Crippen molar-refractivity contribution in [2.75, 3.05) is 5.32 Å². The molecule has 0 spiro atoms. The SMILES string of the molecule is Cc1ccc(Cl)c2c1N[C@H](c1ccc(Cl)c([N+](=O)[O-])c1)[C@@H]1CC=C[C@H]21. The van der Waals surface area contributed by atoms with Gasteiger partial charge in [0.05, 0.1) is 11.0 Å². The minimum atomic E-state index is -0.435. The minimum absolute atomic E-state index is 0.0272. The third-order valence-electron chi connectivity index (χ3n) is 5.20. The predicted molar refractivity (Wildman–Crippen MR) is 101 cm³/mol. The molecule has 0 amide bonds. The number of nitrogens with zero attached hydrogens (tertiary/aromatic N) is 1. The van der Waals surface area contributed by atoms with E-state index in [4.69, 9.17) is 23.2 Å². The molecule has 0 saturated carbocycles. The van der Waals surface area contributed by atoms with E-state index in [0.29, 0.717) is 0 Å². The molecule has 6 heteroatoms. The van der Waals surface area contributed by atoms with Gasteiger partial charge < -0.3 is 5.32 Å². The summed E-state index contributed by atoms with van der Waals surface area (Å²) in [5.41, 5.74) is 4.09. The number of allylic oxidation sites excluding steroid dienone is 2. The first kappa shape index (κ1) is 16.4. The molecule has 0 radical (unpaired) electrons. The zero-order chi connectivity index (χ0) is 17.7. The number of halogens is 2.